The van der Waals surface area contributed by atoms with Crippen molar-refractivity contribution in [3.05, 3.63) is 0 Å². The summed E-state index contributed by atoms with van der Waals surface area (Å²) in [4.78, 5) is 12.5. The summed E-state index contributed by atoms with van der Waals surface area (Å²) in [6.07, 6.45) is -0.177. The maximum Gasteiger partial charge on any atom is 0.304 e. The molecule has 1 heterocycles. The van der Waals surface area contributed by atoms with Crippen LogP contribution in [0.1, 0.15) is 6.42 Å². The lowest BCUT2D eigenvalue weighted by atomic mass is 10.4. The normalized spacial score (nSPS) is 19.7. The van der Waals surface area contributed by atoms with Crippen molar-refractivity contribution >= 4 is 16.2 Å². The third-order valence-corrected chi connectivity index (χ3v) is 4.81. The van der Waals surface area contributed by atoms with Gasteiger partial charge in [0.1, 0.15) is 0 Å². The molecule has 1 saturated heterocycles. The van der Waals surface area contributed by atoms with Crippen molar-refractivity contribution in [2.75, 3.05) is 46.8 Å². The van der Waals surface area contributed by atoms with Crippen molar-refractivity contribution in [2.24, 2.45) is 0 Å². The number of carboxylic acid groups (broad SMARTS) is 1. The molecular weight excluding hydrogens is 246 g/mol. The second-order valence-corrected chi connectivity index (χ2v) is 6.21. The van der Waals surface area contributed by atoms with Gasteiger partial charge >= 0.3 is 5.97 Å². The first-order valence-corrected chi connectivity index (χ1v) is 6.85. The van der Waals surface area contributed by atoms with Gasteiger partial charge in [0, 0.05) is 39.8 Å². The molecule has 1 N–H and O–H groups in total. The highest BCUT2D eigenvalue weighted by molar-refractivity contribution is 7.86. The maximum absolute atomic E-state index is 12.0. The molecule has 0 spiro atoms. The third kappa shape index (κ3) is 3.91. The zero-order valence-electron chi connectivity index (χ0n) is 10.2. The van der Waals surface area contributed by atoms with E-state index in [1.807, 2.05) is 7.05 Å². The fourth-order valence-electron chi connectivity index (χ4n) is 1.58. The Morgan fingerprint density at radius 2 is 1.82 bits per heavy atom. The first-order valence-electron chi connectivity index (χ1n) is 5.46. The largest absolute Gasteiger partial charge is 0.481 e. The average Bonchev–Trinajstić information content (AvgIpc) is 2.26. The van der Waals surface area contributed by atoms with Crippen LogP contribution in [-0.4, -0.2) is 79.8 Å². The molecule has 0 radical (unpaired) electrons. The minimum atomic E-state index is -3.50. The van der Waals surface area contributed by atoms with Gasteiger partial charge < -0.3 is 10.0 Å². The molecule has 7 nitrogen and oxygen atoms in total. The SMILES string of the molecule is CN1CCN(S(=O)(=O)N(C)CCC(=O)O)CC1. The molecule has 100 valence electrons. The van der Waals surface area contributed by atoms with Crippen LogP contribution in [0.5, 0.6) is 0 Å². The van der Waals surface area contributed by atoms with Crippen LogP contribution in [0.15, 0.2) is 0 Å². The minimum Gasteiger partial charge on any atom is -0.481 e. The highest BCUT2D eigenvalue weighted by atomic mass is 32.2. The van der Waals surface area contributed by atoms with E-state index < -0.39 is 16.2 Å². The molecule has 8 heteroatoms. The summed E-state index contributed by atoms with van der Waals surface area (Å²) in [7, 11) is -0.149. The fraction of sp³-hybridized carbons (Fsp3) is 0.889. The van der Waals surface area contributed by atoms with E-state index in [0.717, 1.165) is 4.31 Å². The van der Waals surface area contributed by atoms with Crippen molar-refractivity contribution in [3.8, 4) is 0 Å². The molecule has 0 bridgehead atoms. The molecule has 0 saturated carbocycles. The lowest BCUT2D eigenvalue weighted by Gasteiger charge is -2.33. The summed E-state index contributed by atoms with van der Waals surface area (Å²) in [5.41, 5.74) is 0. The van der Waals surface area contributed by atoms with E-state index in [4.69, 9.17) is 5.11 Å². The number of hydrogen-bond donors (Lipinski definition) is 1. The molecule has 0 aliphatic carbocycles. The highest BCUT2D eigenvalue weighted by Crippen LogP contribution is 2.10. The number of piperazine rings is 1. The van der Waals surface area contributed by atoms with Gasteiger partial charge in [-0.05, 0) is 7.05 Å². The Hall–Kier alpha value is -0.700. The highest BCUT2D eigenvalue weighted by Gasteiger charge is 2.29. The standard InChI is InChI=1S/C9H19N3O4S/c1-10-5-7-12(8-6-10)17(15,16)11(2)4-3-9(13)14/h3-8H2,1-2H3,(H,13,14). The predicted octanol–water partition coefficient (Wildman–Crippen LogP) is -1.11. The topological polar surface area (TPSA) is 81.2 Å². The quantitative estimate of drug-likeness (QED) is 0.681. The molecule has 0 amide bonds. The van der Waals surface area contributed by atoms with Gasteiger partial charge in [-0.1, -0.05) is 0 Å². The summed E-state index contributed by atoms with van der Waals surface area (Å²) >= 11 is 0. The summed E-state index contributed by atoms with van der Waals surface area (Å²) < 4.78 is 26.6. The molecule has 0 atom stereocenters. The molecule has 0 unspecified atom stereocenters. The Bertz CT molecular complexity index is 362. The van der Waals surface area contributed by atoms with Gasteiger partial charge in [-0.2, -0.15) is 17.0 Å². The van der Waals surface area contributed by atoms with E-state index in [1.165, 1.54) is 11.4 Å². The van der Waals surface area contributed by atoms with Crippen LogP contribution >= 0.6 is 0 Å². The van der Waals surface area contributed by atoms with Crippen LogP contribution in [0.25, 0.3) is 0 Å². The molecule has 1 rings (SSSR count). The van der Waals surface area contributed by atoms with Gasteiger partial charge in [0.05, 0.1) is 6.42 Å². The fourth-order valence-corrected chi connectivity index (χ4v) is 2.93. The van der Waals surface area contributed by atoms with Crippen LogP contribution in [0, 0.1) is 0 Å². The van der Waals surface area contributed by atoms with Gasteiger partial charge in [0.25, 0.3) is 10.2 Å². The molecule has 0 aromatic rings. The number of hydrogen-bond acceptors (Lipinski definition) is 4. The van der Waals surface area contributed by atoms with E-state index >= 15 is 0 Å². The van der Waals surface area contributed by atoms with E-state index in [2.05, 4.69) is 4.90 Å². The molecule has 0 aromatic heterocycles. The average molecular weight is 265 g/mol. The Morgan fingerprint density at radius 3 is 2.29 bits per heavy atom. The number of rotatable bonds is 5. The smallest absolute Gasteiger partial charge is 0.304 e. The van der Waals surface area contributed by atoms with Gasteiger partial charge in [-0.15, -0.1) is 0 Å². The van der Waals surface area contributed by atoms with Crippen molar-refractivity contribution in [1.82, 2.24) is 13.5 Å². The van der Waals surface area contributed by atoms with Crippen molar-refractivity contribution < 1.29 is 18.3 Å². The molecule has 0 aromatic carbocycles. The maximum atomic E-state index is 12.0. The van der Waals surface area contributed by atoms with Crippen molar-refractivity contribution in [2.45, 2.75) is 6.42 Å². The number of aliphatic carboxylic acids is 1. The van der Waals surface area contributed by atoms with Crippen LogP contribution in [-0.2, 0) is 15.0 Å². The molecule has 1 aliphatic heterocycles. The monoisotopic (exact) mass is 265 g/mol. The van der Waals surface area contributed by atoms with Crippen LogP contribution < -0.4 is 0 Å². The van der Waals surface area contributed by atoms with Crippen molar-refractivity contribution in [1.29, 1.82) is 0 Å². The number of nitrogens with zero attached hydrogens (tertiary/aromatic N) is 3. The zero-order chi connectivity index (χ0) is 13.1. The van der Waals surface area contributed by atoms with E-state index in [-0.39, 0.29) is 13.0 Å². The second-order valence-electron chi connectivity index (χ2n) is 4.18. The number of likely N-dealkylation sites (N-methyl/N-ethyl adjacent to an activating group) is 1. The van der Waals surface area contributed by atoms with Crippen LogP contribution in [0.3, 0.4) is 0 Å². The number of carboxylic acids is 1. The van der Waals surface area contributed by atoms with Gasteiger partial charge in [0.2, 0.25) is 0 Å². The Morgan fingerprint density at radius 1 is 1.29 bits per heavy atom. The Balaban J connectivity index is 2.57. The predicted molar refractivity (Wildman–Crippen MR) is 62.9 cm³/mol. The summed E-state index contributed by atoms with van der Waals surface area (Å²) in [5.74, 6) is -0.995. The summed E-state index contributed by atoms with van der Waals surface area (Å²) in [6.45, 7) is 2.31. The van der Waals surface area contributed by atoms with Crippen LogP contribution in [0.2, 0.25) is 0 Å². The summed E-state index contributed by atoms with van der Waals surface area (Å²) in [6, 6.07) is 0. The first-order chi connectivity index (χ1) is 7.84. The van der Waals surface area contributed by atoms with Crippen LogP contribution in [0.4, 0.5) is 0 Å². The molecular formula is C9H19N3O4S. The van der Waals surface area contributed by atoms with E-state index in [1.54, 1.807) is 0 Å². The minimum absolute atomic E-state index is 0.00397. The number of carbonyl (C=O) groups is 1. The summed E-state index contributed by atoms with van der Waals surface area (Å²) in [5, 5.41) is 8.53. The molecule has 1 fully saturated rings. The molecule has 17 heavy (non-hydrogen) atoms. The first kappa shape index (κ1) is 14.4. The van der Waals surface area contributed by atoms with Crippen molar-refractivity contribution in [3.63, 3.8) is 0 Å². The third-order valence-electron chi connectivity index (χ3n) is 2.82. The Kier molecular flexibility index (Phi) is 4.87. The van der Waals surface area contributed by atoms with E-state index in [9.17, 15) is 13.2 Å². The van der Waals surface area contributed by atoms with Gasteiger partial charge in [0.15, 0.2) is 0 Å². The Labute approximate surface area is 102 Å². The van der Waals surface area contributed by atoms with Gasteiger partial charge in [-0.25, -0.2) is 0 Å². The second kappa shape index (κ2) is 5.76. The van der Waals surface area contributed by atoms with E-state index in [0.29, 0.717) is 26.2 Å². The van der Waals surface area contributed by atoms with Gasteiger partial charge in [-0.3, -0.25) is 4.79 Å². The zero-order valence-corrected chi connectivity index (χ0v) is 11.0. The molecule has 1 aliphatic rings. The lowest BCUT2D eigenvalue weighted by Crippen LogP contribution is -2.51. The lowest BCUT2D eigenvalue weighted by molar-refractivity contribution is -0.137.